The van der Waals surface area contributed by atoms with Gasteiger partial charge in [-0.15, -0.1) is 0 Å². The van der Waals surface area contributed by atoms with Crippen LogP contribution in [0.5, 0.6) is 0 Å². The zero-order valence-electron chi connectivity index (χ0n) is 10.1. The topological polar surface area (TPSA) is 55.2 Å². The van der Waals surface area contributed by atoms with Gasteiger partial charge in [-0.05, 0) is 35.9 Å². The molecule has 0 saturated heterocycles. The molecule has 104 valence electrons. The molecule has 0 unspecified atom stereocenters. The van der Waals surface area contributed by atoms with Gasteiger partial charge in [0.05, 0.1) is 11.0 Å². The second-order valence-electron chi connectivity index (χ2n) is 4.05. The molecule has 0 aromatic heterocycles. The minimum atomic E-state index is -0.659. The van der Waals surface area contributed by atoms with Crippen LogP contribution in [0, 0.1) is 15.9 Å². The normalized spacial score (nSPS) is 10.3. The molecular weight excluding hydrogens is 306 g/mol. The van der Waals surface area contributed by atoms with Gasteiger partial charge in [0.1, 0.15) is 11.5 Å². The predicted octanol–water partition coefficient (Wildman–Crippen LogP) is 4.65. The van der Waals surface area contributed by atoms with Crippen molar-refractivity contribution in [1.82, 2.24) is 0 Å². The lowest BCUT2D eigenvalue weighted by atomic mass is 10.2. The highest BCUT2D eigenvalue weighted by molar-refractivity contribution is 6.34. The Morgan fingerprint density at radius 3 is 2.40 bits per heavy atom. The van der Waals surface area contributed by atoms with Gasteiger partial charge in [-0.3, -0.25) is 10.1 Å². The smallest absolute Gasteiger partial charge is 0.295 e. The van der Waals surface area contributed by atoms with E-state index in [0.29, 0.717) is 10.0 Å². The van der Waals surface area contributed by atoms with Crippen LogP contribution in [0.1, 0.15) is 5.56 Å². The fourth-order valence-corrected chi connectivity index (χ4v) is 2.29. The maximum absolute atomic E-state index is 13.0. The van der Waals surface area contributed by atoms with E-state index in [4.69, 9.17) is 23.2 Å². The second kappa shape index (κ2) is 6.07. The summed E-state index contributed by atoms with van der Waals surface area (Å²) in [5, 5.41) is 14.7. The number of hydrogen-bond donors (Lipinski definition) is 1. The van der Waals surface area contributed by atoms with Crippen molar-refractivity contribution in [2.75, 3.05) is 5.32 Å². The van der Waals surface area contributed by atoms with E-state index in [0.717, 1.165) is 17.7 Å². The quantitative estimate of drug-likeness (QED) is 0.660. The van der Waals surface area contributed by atoms with Crippen molar-refractivity contribution in [3.05, 3.63) is 67.9 Å². The summed E-state index contributed by atoms with van der Waals surface area (Å²) >= 11 is 11.7. The standard InChI is InChI=1S/C13H9Cl2FN2O2/c14-9-3-8(4-10(15)5-9)7-17-12-2-1-11(16)6-13(12)18(19)20/h1-6,17H,7H2. The van der Waals surface area contributed by atoms with Crippen LogP contribution in [0.3, 0.4) is 0 Å². The maximum Gasteiger partial charge on any atom is 0.295 e. The summed E-state index contributed by atoms with van der Waals surface area (Å²) in [6, 6.07) is 8.31. The van der Waals surface area contributed by atoms with Crippen LogP contribution in [-0.2, 0) is 6.54 Å². The molecule has 0 radical (unpaired) electrons. The number of halogens is 3. The van der Waals surface area contributed by atoms with Crippen LogP contribution in [0.25, 0.3) is 0 Å². The molecule has 4 nitrogen and oxygen atoms in total. The molecule has 0 saturated carbocycles. The number of anilines is 1. The van der Waals surface area contributed by atoms with Gasteiger partial charge in [0.15, 0.2) is 0 Å². The van der Waals surface area contributed by atoms with E-state index in [2.05, 4.69) is 5.32 Å². The Balaban J connectivity index is 2.20. The molecule has 20 heavy (non-hydrogen) atoms. The third kappa shape index (κ3) is 3.59. The molecule has 0 fully saturated rings. The van der Waals surface area contributed by atoms with Crippen LogP contribution in [0.4, 0.5) is 15.8 Å². The molecule has 0 spiro atoms. The minimum Gasteiger partial charge on any atom is -0.375 e. The van der Waals surface area contributed by atoms with E-state index in [-0.39, 0.29) is 17.9 Å². The van der Waals surface area contributed by atoms with Gasteiger partial charge in [-0.1, -0.05) is 23.2 Å². The first-order chi connectivity index (χ1) is 9.45. The van der Waals surface area contributed by atoms with E-state index < -0.39 is 10.7 Å². The highest BCUT2D eigenvalue weighted by Crippen LogP contribution is 2.26. The lowest BCUT2D eigenvalue weighted by molar-refractivity contribution is -0.384. The van der Waals surface area contributed by atoms with E-state index in [1.54, 1.807) is 18.2 Å². The van der Waals surface area contributed by atoms with Crippen molar-refractivity contribution < 1.29 is 9.31 Å². The molecule has 0 amide bonds. The van der Waals surface area contributed by atoms with Gasteiger partial charge < -0.3 is 5.32 Å². The van der Waals surface area contributed by atoms with Crippen molar-refractivity contribution in [2.24, 2.45) is 0 Å². The van der Waals surface area contributed by atoms with Gasteiger partial charge >= 0.3 is 0 Å². The summed E-state index contributed by atoms with van der Waals surface area (Å²) in [6.45, 7) is 0.284. The highest BCUT2D eigenvalue weighted by atomic mass is 35.5. The van der Waals surface area contributed by atoms with Crippen molar-refractivity contribution in [3.63, 3.8) is 0 Å². The third-order valence-electron chi connectivity index (χ3n) is 2.56. The lowest BCUT2D eigenvalue weighted by Crippen LogP contribution is -2.03. The lowest BCUT2D eigenvalue weighted by Gasteiger charge is -2.08. The summed E-state index contributed by atoms with van der Waals surface area (Å²) in [5.74, 6) is -0.659. The van der Waals surface area contributed by atoms with Gasteiger partial charge in [-0.2, -0.15) is 0 Å². The Morgan fingerprint density at radius 1 is 1.15 bits per heavy atom. The van der Waals surface area contributed by atoms with Crippen molar-refractivity contribution >= 4 is 34.6 Å². The predicted molar refractivity (Wildman–Crippen MR) is 76.8 cm³/mol. The van der Waals surface area contributed by atoms with Crippen LogP contribution >= 0.6 is 23.2 Å². The largest absolute Gasteiger partial charge is 0.375 e. The fourth-order valence-electron chi connectivity index (χ4n) is 1.72. The number of rotatable bonds is 4. The Labute approximate surface area is 124 Å². The SMILES string of the molecule is O=[N+]([O-])c1cc(F)ccc1NCc1cc(Cl)cc(Cl)c1. The molecule has 2 aromatic rings. The van der Waals surface area contributed by atoms with E-state index in [9.17, 15) is 14.5 Å². The summed E-state index contributed by atoms with van der Waals surface area (Å²) in [5.41, 5.74) is 0.673. The molecule has 0 bridgehead atoms. The Bertz CT molecular complexity index is 645. The first-order valence-electron chi connectivity index (χ1n) is 5.58. The first kappa shape index (κ1) is 14.6. The summed E-state index contributed by atoms with van der Waals surface area (Å²) < 4.78 is 13.0. The number of nitrogens with zero attached hydrogens (tertiary/aromatic N) is 1. The van der Waals surface area contributed by atoms with Crippen LogP contribution in [0.2, 0.25) is 10.0 Å². The van der Waals surface area contributed by atoms with Crippen LogP contribution in [-0.4, -0.2) is 4.92 Å². The van der Waals surface area contributed by atoms with Crippen LogP contribution < -0.4 is 5.32 Å². The number of nitro benzene ring substituents is 1. The van der Waals surface area contributed by atoms with Crippen LogP contribution in [0.15, 0.2) is 36.4 Å². The van der Waals surface area contributed by atoms with Gasteiger partial charge in [0.2, 0.25) is 0 Å². The molecule has 0 heterocycles. The van der Waals surface area contributed by atoms with E-state index in [1.165, 1.54) is 6.07 Å². The maximum atomic E-state index is 13.0. The van der Waals surface area contributed by atoms with Gasteiger partial charge in [0.25, 0.3) is 5.69 Å². The molecule has 0 aliphatic heterocycles. The molecule has 2 aromatic carbocycles. The third-order valence-corrected chi connectivity index (χ3v) is 3.00. The van der Waals surface area contributed by atoms with E-state index in [1.807, 2.05) is 0 Å². The minimum absolute atomic E-state index is 0.229. The Kier molecular flexibility index (Phi) is 4.42. The monoisotopic (exact) mass is 314 g/mol. The average molecular weight is 315 g/mol. The molecule has 1 N–H and O–H groups in total. The summed E-state index contributed by atoms with van der Waals surface area (Å²) in [6.07, 6.45) is 0. The molecular formula is C13H9Cl2FN2O2. The fraction of sp³-hybridized carbons (Fsp3) is 0.0769. The second-order valence-corrected chi connectivity index (χ2v) is 4.92. The molecule has 0 aliphatic carbocycles. The highest BCUT2D eigenvalue weighted by Gasteiger charge is 2.14. The Hall–Kier alpha value is -1.85. The zero-order chi connectivity index (χ0) is 14.7. The first-order valence-corrected chi connectivity index (χ1v) is 6.34. The number of benzene rings is 2. The Morgan fingerprint density at radius 2 is 1.80 bits per heavy atom. The molecule has 2 rings (SSSR count). The van der Waals surface area contributed by atoms with Crippen molar-refractivity contribution in [2.45, 2.75) is 6.54 Å². The van der Waals surface area contributed by atoms with E-state index >= 15 is 0 Å². The number of hydrogen-bond acceptors (Lipinski definition) is 3. The van der Waals surface area contributed by atoms with Crippen molar-refractivity contribution in [3.8, 4) is 0 Å². The van der Waals surface area contributed by atoms with Crippen molar-refractivity contribution in [1.29, 1.82) is 0 Å². The summed E-state index contributed by atoms with van der Waals surface area (Å²) in [7, 11) is 0. The molecule has 7 heteroatoms. The molecule has 0 aliphatic rings. The molecule has 0 atom stereocenters. The average Bonchev–Trinajstić information content (AvgIpc) is 2.36. The summed E-state index contributed by atoms with van der Waals surface area (Å²) in [4.78, 5) is 10.2. The zero-order valence-corrected chi connectivity index (χ0v) is 11.6. The van der Waals surface area contributed by atoms with Gasteiger partial charge in [-0.25, -0.2) is 4.39 Å². The number of nitrogens with one attached hydrogen (secondary N) is 1. The van der Waals surface area contributed by atoms with Gasteiger partial charge in [0, 0.05) is 16.6 Å². The number of nitro groups is 1.